The van der Waals surface area contributed by atoms with E-state index in [4.69, 9.17) is 4.74 Å². The summed E-state index contributed by atoms with van der Waals surface area (Å²) in [6, 6.07) is 10.3. The molecule has 1 aliphatic rings. The van der Waals surface area contributed by atoms with Crippen LogP contribution in [0.15, 0.2) is 30.3 Å². The molecule has 92 valence electrons. The van der Waals surface area contributed by atoms with Gasteiger partial charge in [-0.25, -0.2) is 0 Å². The summed E-state index contributed by atoms with van der Waals surface area (Å²) >= 11 is 0. The van der Waals surface area contributed by atoms with Crippen LogP contribution in [0.5, 0.6) is 0 Å². The Bertz CT molecular complexity index is 364. The van der Waals surface area contributed by atoms with E-state index in [-0.39, 0.29) is 17.9 Å². The monoisotopic (exact) mass is 233 g/mol. The van der Waals surface area contributed by atoms with Crippen LogP contribution in [0.1, 0.15) is 26.2 Å². The van der Waals surface area contributed by atoms with Gasteiger partial charge in [-0.15, -0.1) is 0 Å². The van der Waals surface area contributed by atoms with Crippen LogP contribution in [0, 0.1) is 5.92 Å². The van der Waals surface area contributed by atoms with Gasteiger partial charge in [0.1, 0.15) is 0 Å². The van der Waals surface area contributed by atoms with Crippen LogP contribution in [0.4, 0.5) is 5.69 Å². The van der Waals surface area contributed by atoms with Gasteiger partial charge >= 0.3 is 5.97 Å². The van der Waals surface area contributed by atoms with Crippen molar-refractivity contribution in [3.63, 3.8) is 0 Å². The molecule has 0 saturated heterocycles. The molecule has 0 aliphatic heterocycles. The molecule has 2 atom stereocenters. The second-order valence-corrected chi connectivity index (χ2v) is 4.41. The fourth-order valence-corrected chi connectivity index (χ4v) is 2.41. The Balaban J connectivity index is 1.98. The summed E-state index contributed by atoms with van der Waals surface area (Å²) in [7, 11) is 0. The number of para-hydroxylation sites is 1. The molecule has 1 aromatic carbocycles. The topological polar surface area (TPSA) is 38.3 Å². The van der Waals surface area contributed by atoms with E-state index >= 15 is 0 Å². The highest BCUT2D eigenvalue weighted by Crippen LogP contribution is 2.29. The summed E-state index contributed by atoms with van der Waals surface area (Å²) in [5.74, 6) is -0.0476. The maximum Gasteiger partial charge on any atom is 0.311 e. The standard InChI is InChI=1S/C14H19NO2/c1-2-17-14(16)12-9-6-10-13(12)15-11-7-4-3-5-8-11/h3-5,7-8,12-13,15H,2,6,9-10H2,1H3/t12-,13-/m0/s1. The van der Waals surface area contributed by atoms with E-state index in [9.17, 15) is 4.79 Å². The lowest BCUT2D eigenvalue weighted by molar-refractivity contribution is -0.147. The molecule has 0 heterocycles. The van der Waals surface area contributed by atoms with E-state index < -0.39 is 0 Å². The molecular formula is C14H19NO2. The van der Waals surface area contributed by atoms with Gasteiger partial charge < -0.3 is 10.1 Å². The molecule has 0 bridgehead atoms. The number of ether oxygens (including phenoxy) is 1. The first kappa shape index (κ1) is 12.0. The Morgan fingerprint density at radius 3 is 2.82 bits per heavy atom. The smallest absolute Gasteiger partial charge is 0.311 e. The molecule has 0 aromatic heterocycles. The van der Waals surface area contributed by atoms with Gasteiger partial charge in [0.25, 0.3) is 0 Å². The van der Waals surface area contributed by atoms with Crippen molar-refractivity contribution in [3.05, 3.63) is 30.3 Å². The van der Waals surface area contributed by atoms with Crippen LogP contribution in [-0.4, -0.2) is 18.6 Å². The Morgan fingerprint density at radius 1 is 1.35 bits per heavy atom. The van der Waals surface area contributed by atoms with Crippen molar-refractivity contribution in [1.82, 2.24) is 0 Å². The Kier molecular flexibility index (Phi) is 4.02. The van der Waals surface area contributed by atoms with Crippen molar-refractivity contribution in [1.29, 1.82) is 0 Å². The van der Waals surface area contributed by atoms with Gasteiger partial charge in [-0.1, -0.05) is 24.6 Å². The highest BCUT2D eigenvalue weighted by molar-refractivity contribution is 5.74. The number of hydrogen-bond acceptors (Lipinski definition) is 3. The van der Waals surface area contributed by atoms with E-state index in [1.807, 2.05) is 37.3 Å². The molecule has 1 saturated carbocycles. The van der Waals surface area contributed by atoms with Gasteiger partial charge in [-0.3, -0.25) is 4.79 Å². The first-order chi connectivity index (χ1) is 8.31. The maximum atomic E-state index is 11.8. The number of rotatable bonds is 4. The minimum atomic E-state index is -0.0570. The molecular weight excluding hydrogens is 214 g/mol. The molecule has 1 N–H and O–H groups in total. The molecule has 1 aliphatic carbocycles. The van der Waals surface area contributed by atoms with Crippen molar-refractivity contribution < 1.29 is 9.53 Å². The largest absolute Gasteiger partial charge is 0.466 e. The van der Waals surface area contributed by atoms with Crippen molar-refractivity contribution in [3.8, 4) is 0 Å². The van der Waals surface area contributed by atoms with Crippen molar-refractivity contribution in [2.24, 2.45) is 5.92 Å². The molecule has 17 heavy (non-hydrogen) atoms. The molecule has 1 aromatic rings. The van der Waals surface area contributed by atoms with E-state index in [0.29, 0.717) is 6.61 Å². The van der Waals surface area contributed by atoms with Crippen LogP contribution < -0.4 is 5.32 Å². The van der Waals surface area contributed by atoms with Crippen LogP contribution in [0.2, 0.25) is 0 Å². The Morgan fingerprint density at radius 2 is 2.12 bits per heavy atom. The summed E-state index contributed by atoms with van der Waals surface area (Å²) in [6.07, 6.45) is 3.07. The number of carbonyl (C=O) groups excluding carboxylic acids is 1. The normalized spacial score (nSPS) is 23.4. The molecule has 0 spiro atoms. The molecule has 3 nitrogen and oxygen atoms in total. The predicted octanol–water partition coefficient (Wildman–Crippen LogP) is 2.83. The third kappa shape index (κ3) is 2.99. The highest BCUT2D eigenvalue weighted by Gasteiger charge is 2.33. The molecule has 0 radical (unpaired) electrons. The summed E-state index contributed by atoms with van der Waals surface area (Å²) in [4.78, 5) is 11.8. The lowest BCUT2D eigenvalue weighted by Gasteiger charge is -2.20. The lowest BCUT2D eigenvalue weighted by Crippen LogP contribution is -2.31. The minimum absolute atomic E-state index is 0.00940. The third-order valence-corrected chi connectivity index (χ3v) is 3.23. The number of nitrogens with one attached hydrogen (secondary N) is 1. The Hall–Kier alpha value is -1.51. The fraction of sp³-hybridized carbons (Fsp3) is 0.500. The van der Waals surface area contributed by atoms with Crippen molar-refractivity contribution >= 4 is 11.7 Å². The zero-order valence-corrected chi connectivity index (χ0v) is 10.2. The maximum absolute atomic E-state index is 11.8. The summed E-state index contributed by atoms with van der Waals surface area (Å²) in [5.41, 5.74) is 1.08. The number of carbonyl (C=O) groups is 1. The fourth-order valence-electron chi connectivity index (χ4n) is 2.41. The first-order valence-corrected chi connectivity index (χ1v) is 6.29. The number of hydrogen-bond donors (Lipinski definition) is 1. The number of benzene rings is 1. The van der Waals surface area contributed by atoms with Crippen LogP contribution in [0.3, 0.4) is 0 Å². The van der Waals surface area contributed by atoms with E-state index in [1.165, 1.54) is 0 Å². The predicted molar refractivity (Wildman–Crippen MR) is 67.8 cm³/mol. The summed E-state index contributed by atoms with van der Waals surface area (Å²) in [5, 5.41) is 3.43. The molecule has 0 unspecified atom stereocenters. The van der Waals surface area contributed by atoms with Gasteiger partial charge in [-0.2, -0.15) is 0 Å². The summed E-state index contributed by atoms with van der Waals surface area (Å²) in [6.45, 7) is 2.32. The molecule has 0 amide bonds. The third-order valence-electron chi connectivity index (χ3n) is 3.23. The summed E-state index contributed by atoms with van der Waals surface area (Å²) < 4.78 is 5.11. The second-order valence-electron chi connectivity index (χ2n) is 4.41. The quantitative estimate of drug-likeness (QED) is 0.813. The van der Waals surface area contributed by atoms with Gasteiger partial charge in [-0.05, 0) is 31.9 Å². The number of esters is 1. The van der Waals surface area contributed by atoms with E-state index in [0.717, 1.165) is 24.9 Å². The van der Waals surface area contributed by atoms with E-state index in [1.54, 1.807) is 0 Å². The average molecular weight is 233 g/mol. The SMILES string of the molecule is CCOC(=O)[C@H]1CCC[C@@H]1Nc1ccccc1. The highest BCUT2D eigenvalue weighted by atomic mass is 16.5. The zero-order chi connectivity index (χ0) is 12.1. The van der Waals surface area contributed by atoms with Gasteiger partial charge in [0.2, 0.25) is 0 Å². The second kappa shape index (κ2) is 5.71. The Labute approximate surface area is 102 Å². The average Bonchev–Trinajstić information content (AvgIpc) is 2.79. The van der Waals surface area contributed by atoms with Gasteiger partial charge in [0.15, 0.2) is 0 Å². The van der Waals surface area contributed by atoms with Crippen molar-refractivity contribution in [2.75, 3.05) is 11.9 Å². The lowest BCUT2D eigenvalue weighted by atomic mass is 10.0. The minimum Gasteiger partial charge on any atom is -0.466 e. The molecule has 1 fully saturated rings. The van der Waals surface area contributed by atoms with Crippen LogP contribution >= 0.6 is 0 Å². The van der Waals surface area contributed by atoms with Crippen LogP contribution in [-0.2, 0) is 9.53 Å². The van der Waals surface area contributed by atoms with Crippen LogP contribution in [0.25, 0.3) is 0 Å². The van der Waals surface area contributed by atoms with Gasteiger partial charge in [0.05, 0.1) is 12.5 Å². The molecule has 3 heteroatoms. The first-order valence-electron chi connectivity index (χ1n) is 6.29. The van der Waals surface area contributed by atoms with E-state index in [2.05, 4.69) is 5.32 Å². The van der Waals surface area contributed by atoms with Crippen molar-refractivity contribution in [2.45, 2.75) is 32.2 Å². The number of anilines is 1. The molecule has 2 rings (SSSR count). The zero-order valence-electron chi connectivity index (χ0n) is 10.2. The van der Waals surface area contributed by atoms with Gasteiger partial charge in [0, 0.05) is 11.7 Å².